The highest BCUT2D eigenvalue weighted by Crippen LogP contribution is 2.44. The van der Waals surface area contributed by atoms with Crippen LogP contribution in [0.4, 0.5) is 4.79 Å². The van der Waals surface area contributed by atoms with Gasteiger partial charge in [-0.05, 0) is 102 Å². The van der Waals surface area contributed by atoms with Gasteiger partial charge in [-0.2, -0.15) is 0 Å². The van der Waals surface area contributed by atoms with Crippen molar-refractivity contribution in [2.75, 3.05) is 20.6 Å². The van der Waals surface area contributed by atoms with Crippen molar-refractivity contribution >= 4 is 17.8 Å². The summed E-state index contributed by atoms with van der Waals surface area (Å²) < 4.78 is 0. The Morgan fingerprint density at radius 3 is 1.50 bits per heavy atom. The van der Waals surface area contributed by atoms with Gasteiger partial charge in [-0.1, -0.05) is 13.3 Å². The predicted molar refractivity (Wildman–Crippen MR) is 144 cm³/mol. The zero-order valence-corrected chi connectivity index (χ0v) is 24.7. The molecule has 0 atom stereocenters. The van der Waals surface area contributed by atoms with Crippen LogP contribution in [0.15, 0.2) is 0 Å². The average molecular weight is 509 g/mol. The molecule has 2 heterocycles. The van der Waals surface area contributed by atoms with Crippen LogP contribution in [0.2, 0.25) is 0 Å². The van der Waals surface area contributed by atoms with Gasteiger partial charge in [0.2, 0.25) is 0 Å². The van der Waals surface area contributed by atoms with Gasteiger partial charge >= 0.3 is 17.8 Å². The molecule has 0 saturated carbocycles. The molecule has 2 fully saturated rings. The van der Waals surface area contributed by atoms with Gasteiger partial charge in [0.15, 0.2) is 0 Å². The van der Waals surface area contributed by atoms with Crippen molar-refractivity contribution in [2.24, 2.45) is 0 Å². The maximum absolute atomic E-state index is 13.8. The molecule has 0 aromatic heterocycles. The molecule has 2 aliphatic heterocycles. The summed E-state index contributed by atoms with van der Waals surface area (Å²) in [6.45, 7) is 20.2. The summed E-state index contributed by atoms with van der Waals surface area (Å²) in [5, 5.41) is 2.69. The third kappa shape index (κ3) is 6.71. The fourth-order valence-corrected chi connectivity index (χ4v) is 6.37. The third-order valence-corrected chi connectivity index (χ3v) is 8.89. The Morgan fingerprint density at radius 1 is 0.750 bits per heavy atom. The van der Waals surface area contributed by atoms with Crippen LogP contribution >= 0.6 is 0 Å². The Kier molecular flexibility index (Phi) is 9.15. The van der Waals surface area contributed by atoms with E-state index in [1.165, 1.54) is 0 Å². The standard InChI is InChI=1S/C27H52N6O3/c1-12-13-14-28-23(36)30-29-21(34)22(35)33(19-15-24(2,3)31(10)25(4,5)16-19)20-17-26(6,7)32(11)27(8,9)18-20/h19-20H,12-18H2,1-11H3,(H,29,34)(H2,28,30,36). The van der Waals surface area contributed by atoms with Gasteiger partial charge in [0.1, 0.15) is 0 Å². The van der Waals surface area contributed by atoms with E-state index in [1.54, 1.807) is 0 Å². The van der Waals surface area contributed by atoms with Gasteiger partial charge < -0.3 is 10.2 Å². The second kappa shape index (κ2) is 10.9. The second-order valence-corrected chi connectivity index (χ2v) is 13.4. The molecule has 0 aromatic carbocycles. The predicted octanol–water partition coefficient (Wildman–Crippen LogP) is 3.25. The number of nitrogens with one attached hydrogen (secondary N) is 3. The first-order valence-corrected chi connectivity index (χ1v) is 13.5. The Hall–Kier alpha value is -1.87. The molecule has 9 heteroatoms. The minimum Gasteiger partial charge on any atom is -0.337 e. The number of carbonyl (C=O) groups is 3. The number of urea groups is 1. The highest BCUT2D eigenvalue weighted by atomic mass is 16.2. The lowest BCUT2D eigenvalue weighted by Crippen LogP contribution is -2.69. The van der Waals surface area contributed by atoms with Gasteiger partial charge in [0.25, 0.3) is 0 Å². The molecular formula is C27H52N6O3. The van der Waals surface area contributed by atoms with Crippen molar-refractivity contribution in [3.8, 4) is 0 Å². The van der Waals surface area contributed by atoms with E-state index in [2.05, 4.69) is 95.5 Å². The molecule has 9 nitrogen and oxygen atoms in total. The SMILES string of the molecule is CCCCNC(=O)NNC(=O)C(=O)N(C1CC(C)(C)N(C)C(C)(C)C1)C1CC(C)(C)N(C)C(C)(C)C1. The van der Waals surface area contributed by atoms with E-state index >= 15 is 0 Å². The van der Waals surface area contributed by atoms with Crippen LogP contribution in [0, 0.1) is 0 Å². The van der Waals surface area contributed by atoms with Crippen molar-refractivity contribution in [3.63, 3.8) is 0 Å². The summed E-state index contributed by atoms with van der Waals surface area (Å²) in [7, 11) is 4.27. The number of likely N-dealkylation sites (tertiary alicyclic amines) is 2. The van der Waals surface area contributed by atoms with E-state index in [4.69, 9.17) is 0 Å². The first kappa shape index (κ1) is 30.4. The van der Waals surface area contributed by atoms with E-state index in [0.29, 0.717) is 6.54 Å². The van der Waals surface area contributed by atoms with Gasteiger partial charge in [-0.15, -0.1) is 0 Å². The highest BCUT2D eigenvalue weighted by Gasteiger charge is 2.51. The molecule has 0 unspecified atom stereocenters. The fraction of sp³-hybridized carbons (Fsp3) is 0.889. The van der Waals surface area contributed by atoms with Crippen LogP contribution in [0.1, 0.15) is 101 Å². The van der Waals surface area contributed by atoms with Crippen molar-refractivity contribution in [2.45, 2.75) is 135 Å². The summed E-state index contributed by atoms with van der Waals surface area (Å²) in [5.74, 6) is -1.38. The topological polar surface area (TPSA) is 97.0 Å². The summed E-state index contributed by atoms with van der Waals surface area (Å²) >= 11 is 0. The molecule has 0 radical (unpaired) electrons. The fourth-order valence-electron chi connectivity index (χ4n) is 6.37. The number of hydrazine groups is 1. The summed E-state index contributed by atoms with van der Waals surface area (Å²) in [6, 6.07) is -0.704. The van der Waals surface area contributed by atoms with Crippen LogP contribution in [-0.2, 0) is 9.59 Å². The monoisotopic (exact) mass is 508 g/mol. The molecule has 4 amide bonds. The maximum Gasteiger partial charge on any atom is 0.333 e. The van der Waals surface area contributed by atoms with E-state index in [0.717, 1.165) is 38.5 Å². The number of piperidine rings is 2. The Balaban J connectivity index is 2.34. The molecule has 0 aromatic rings. The van der Waals surface area contributed by atoms with Crippen LogP contribution < -0.4 is 16.2 Å². The highest BCUT2D eigenvalue weighted by molar-refractivity contribution is 6.35. The van der Waals surface area contributed by atoms with E-state index in [9.17, 15) is 14.4 Å². The quantitative estimate of drug-likeness (QED) is 0.301. The number of nitrogens with zero attached hydrogens (tertiary/aromatic N) is 3. The van der Waals surface area contributed by atoms with Crippen molar-refractivity contribution < 1.29 is 14.4 Å². The van der Waals surface area contributed by atoms with E-state index < -0.39 is 17.8 Å². The van der Waals surface area contributed by atoms with Gasteiger partial charge in [-0.25, -0.2) is 10.2 Å². The third-order valence-electron chi connectivity index (χ3n) is 8.89. The molecule has 208 valence electrons. The molecule has 2 aliphatic rings. The van der Waals surface area contributed by atoms with Crippen molar-refractivity contribution in [1.82, 2.24) is 30.9 Å². The zero-order chi connectivity index (χ0) is 27.7. The molecule has 3 N–H and O–H groups in total. The van der Waals surface area contributed by atoms with Crippen LogP contribution in [0.5, 0.6) is 0 Å². The second-order valence-electron chi connectivity index (χ2n) is 13.4. The number of hydrogen-bond donors (Lipinski definition) is 3. The zero-order valence-electron chi connectivity index (χ0n) is 24.7. The van der Waals surface area contributed by atoms with E-state index in [-0.39, 0.29) is 34.2 Å². The van der Waals surface area contributed by atoms with Crippen molar-refractivity contribution in [3.05, 3.63) is 0 Å². The molecular weight excluding hydrogens is 456 g/mol. The van der Waals surface area contributed by atoms with Crippen molar-refractivity contribution in [1.29, 1.82) is 0 Å². The summed E-state index contributed by atoms with van der Waals surface area (Å²) in [4.78, 5) is 45.6. The lowest BCUT2D eigenvalue weighted by molar-refractivity contribution is -0.158. The largest absolute Gasteiger partial charge is 0.337 e. The van der Waals surface area contributed by atoms with E-state index in [1.807, 2.05) is 11.8 Å². The average Bonchev–Trinajstić information content (AvgIpc) is 2.73. The number of carbonyl (C=O) groups excluding carboxylic acids is 3. The first-order chi connectivity index (χ1) is 16.4. The van der Waals surface area contributed by atoms with Crippen LogP contribution in [-0.4, -0.2) is 87.4 Å². The molecule has 2 rings (SSSR count). The molecule has 2 saturated heterocycles. The maximum atomic E-state index is 13.8. The molecule has 0 bridgehead atoms. The van der Waals surface area contributed by atoms with Gasteiger partial charge in [-0.3, -0.25) is 24.8 Å². The number of hydrogen-bond acceptors (Lipinski definition) is 5. The van der Waals surface area contributed by atoms with Gasteiger partial charge in [0, 0.05) is 40.8 Å². The smallest absolute Gasteiger partial charge is 0.333 e. The minimum absolute atomic E-state index is 0.0946. The Bertz CT molecular complexity index is 744. The Labute approximate surface area is 219 Å². The summed E-state index contributed by atoms with van der Waals surface area (Å²) in [6.07, 6.45) is 4.87. The lowest BCUT2D eigenvalue weighted by atomic mass is 9.73. The van der Waals surface area contributed by atoms with Crippen LogP contribution in [0.25, 0.3) is 0 Å². The Morgan fingerprint density at radius 2 is 1.14 bits per heavy atom. The number of rotatable bonds is 5. The normalized spacial score (nSPS) is 24.1. The number of amides is 4. The molecule has 36 heavy (non-hydrogen) atoms. The molecule has 0 aliphatic carbocycles. The minimum atomic E-state index is -0.801. The number of unbranched alkanes of at least 4 members (excludes halogenated alkanes) is 1. The first-order valence-electron chi connectivity index (χ1n) is 13.5. The molecule has 0 spiro atoms. The summed E-state index contributed by atoms with van der Waals surface area (Å²) in [5.41, 5.74) is 4.13. The lowest BCUT2D eigenvalue weighted by Gasteiger charge is -2.59. The van der Waals surface area contributed by atoms with Crippen LogP contribution in [0.3, 0.4) is 0 Å². The van der Waals surface area contributed by atoms with Gasteiger partial charge in [0.05, 0.1) is 0 Å².